The van der Waals surface area contributed by atoms with Crippen molar-refractivity contribution in [2.75, 3.05) is 18.1 Å². The van der Waals surface area contributed by atoms with Gasteiger partial charge < -0.3 is 5.32 Å². The summed E-state index contributed by atoms with van der Waals surface area (Å²) in [7, 11) is -1.13. The van der Waals surface area contributed by atoms with Crippen LogP contribution in [0.15, 0.2) is 18.2 Å². The molecule has 0 spiro atoms. The van der Waals surface area contributed by atoms with Crippen LogP contribution in [0.25, 0.3) is 0 Å². The number of hydrogen-bond donors (Lipinski definition) is 1. The first-order chi connectivity index (χ1) is 8.75. The van der Waals surface area contributed by atoms with Crippen molar-refractivity contribution >= 4 is 16.5 Å². The van der Waals surface area contributed by atoms with Gasteiger partial charge in [0.2, 0.25) is 0 Å². The SMILES string of the molecule is C[C@@H](CNc1cc(C#N)ccc1C(F)(F)F)[S@@](C)=O. The average Bonchev–Trinajstić information content (AvgIpc) is 2.34. The Kier molecular flexibility index (Phi) is 4.95. The number of rotatable bonds is 4. The molecule has 0 aliphatic heterocycles. The second kappa shape index (κ2) is 6.06. The Morgan fingerprint density at radius 1 is 1.47 bits per heavy atom. The minimum absolute atomic E-state index is 0.140. The summed E-state index contributed by atoms with van der Waals surface area (Å²) < 4.78 is 49.5. The number of benzene rings is 1. The van der Waals surface area contributed by atoms with Crippen LogP contribution >= 0.6 is 0 Å². The predicted octanol–water partition coefficient (Wildman–Crippen LogP) is 2.76. The van der Waals surface area contributed by atoms with E-state index in [2.05, 4.69) is 5.32 Å². The van der Waals surface area contributed by atoms with Gasteiger partial charge in [-0.05, 0) is 25.1 Å². The fraction of sp³-hybridized carbons (Fsp3) is 0.417. The third kappa shape index (κ3) is 4.24. The lowest BCUT2D eigenvalue weighted by Gasteiger charge is -2.16. The molecule has 0 heterocycles. The molecular weight excluding hydrogens is 277 g/mol. The average molecular weight is 290 g/mol. The molecule has 0 radical (unpaired) electrons. The Balaban J connectivity index is 3.03. The Bertz CT molecular complexity index is 523. The predicted molar refractivity (Wildman–Crippen MR) is 68.2 cm³/mol. The second-order valence-electron chi connectivity index (χ2n) is 4.06. The maximum absolute atomic E-state index is 12.8. The van der Waals surface area contributed by atoms with Crippen molar-refractivity contribution in [1.29, 1.82) is 5.26 Å². The normalized spacial score (nSPS) is 14.5. The van der Waals surface area contributed by atoms with E-state index in [0.717, 1.165) is 18.2 Å². The zero-order valence-electron chi connectivity index (χ0n) is 10.4. The van der Waals surface area contributed by atoms with Gasteiger partial charge in [0.15, 0.2) is 0 Å². The Morgan fingerprint density at radius 2 is 2.11 bits per heavy atom. The van der Waals surface area contributed by atoms with Crippen molar-refractivity contribution in [2.45, 2.75) is 18.3 Å². The van der Waals surface area contributed by atoms with Crippen molar-refractivity contribution in [2.24, 2.45) is 0 Å². The van der Waals surface area contributed by atoms with E-state index in [1.165, 1.54) is 6.26 Å². The van der Waals surface area contributed by atoms with Crippen LogP contribution in [0, 0.1) is 11.3 Å². The third-order valence-corrected chi connectivity index (χ3v) is 3.90. The molecule has 1 rings (SSSR count). The number of anilines is 1. The molecular formula is C12H13F3N2OS. The molecule has 104 valence electrons. The third-order valence-electron chi connectivity index (χ3n) is 2.60. The molecule has 0 bridgehead atoms. The Labute approximate surface area is 111 Å². The van der Waals surface area contributed by atoms with Crippen molar-refractivity contribution in [3.05, 3.63) is 29.3 Å². The minimum Gasteiger partial charge on any atom is -0.383 e. The highest BCUT2D eigenvalue weighted by Crippen LogP contribution is 2.35. The van der Waals surface area contributed by atoms with E-state index >= 15 is 0 Å². The smallest absolute Gasteiger partial charge is 0.383 e. The van der Waals surface area contributed by atoms with Crippen LogP contribution in [0.2, 0.25) is 0 Å². The summed E-state index contributed by atoms with van der Waals surface area (Å²) in [5, 5.41) is 11.0. The number of hydrogen-bond acceptors (Lipinski definition) is 3. The molecule has 1 aromatic carbocycles. The van der Waals surface area contributed by atoms with Gasteiger partial charge in [-0.2, -0.15) is 18.4 Å². The van der Waals surface area contributed by atoms with Gasteiger partial charge in [-0.3, -0.25) is 4.21 Å². The number of nitrogens with one attached hydrogen (secondary N) is 1. The fourth-order valence-corrected chi connectivity index (χ4v) is 1.70. The Hall–Kier alpha value is -1.55. The summed E-state index contributed by atoms with van der Waals surface area (Å²) in [6, 6.07) is 4.93. The summed E-state index contributed by atoms with van der Waals surface area (Å²) in [4.78, 5) is 0. The molecule has 0 saturated carbocycles. The first-order valence-corrected chi connectivity index (χ1v) is 7.05. The van der Waals surface area contributed by atoms with Crippen molar-refractivity contribution in [1.82, 2.24) is 0 Å². The summed E-state index contributed by atoms with van der Waals surface area (Å²) in [6.07, 6.45) is -3.01. The molecule has 3 nitrogen and oxygen atoms in total. The van der Waals surface area contributed by atoms with Crippen LogP contribution in [0.4, 0.5) is 18.9 Å². The minimum atomic E-state index is -4.50. The quantitative estimate of drug-likeness (QED) is 0.927. The highest BCUT2D eigenvalue weighted by molar-refractivity contribution is 7.84. The van der Waals surface area contributed by atoms with E-state index in [4.69, 9.17) is 5.26 Å². The van der Waals surface area contributed by atoms with Crippen molar-refractivity contribution < 1.29 is 17.4 Å². The number of nitrogens with zero attached hydrogens (tertiary/aromatic N) is 1. The lowest BCUT2D eigenvalue weighted by Crippen LogP contribution is -2.22. The van der Waals surface area contributed by atoms with E-state index in [1.807, 2.05) is 0 Å². The monoisotopic (exact) mass is 290 g/mol. The Morgan fingerprint density at radius 3 is 2.58 bits per heavy atom. The lowest BCUT2D eigenvalue weighted by atomic mass is 10.1. The molecule has 1 aromatic rings. The lowest BCUT2D eigenvalue weighted by molar-refractivity contribution is -0.136. The van der Waals surface area contributed by atoms with Gasteiger partial charge >= 0.3 is 6.18 Å². The van der Waals surface area contributed by atoms with Gasteiger partial charge in [0.25, 0.3) is 0 Å². The van der Waals surface area contributed by atoms with E-state index in [-0.39, 0.29) is 23.0 Å². The van der Waals surface area contributed by atoms with Crippen molar-refractivity contribution in [3.8, 4) is 6.07 Å². The van der Waals surface area contributed by atoms with E-state index in [0.29, 0.717) is 0 Å². The molecule has 0 unspecified atom stereocenters. The largest absolute Gasteiger partial charge is 0.418 e. The summed E-state index contributed by atoms with van der Waals surface area (Å²) in [5.74, 6) is 0. The van der Waals surface area contributed by atoms with Gasteiger partial charge in [-0.25, -0.2) is 0 Å². The molecule has 0 fully saturated rings. The zero-order valence-corrected chi connectivity index (χ0v) is 11.2. The molecule has 0 aliphatic carbocycles. The van der Waals surface area contributed by atoms with Crippen LogP contribution in [0.5, 0.6) is 0 Å². The van der Waals surface area contributed by atoms with Crippen LogP contribution in [0.3, 0.4) is 0 Å². The fourth-order valence-electron chi connectivity index (χ4n) is 1.38. The van der Waals surface area contributed by atoms with Crippen LogP contribution in [0.1, 0.15) is 18.1 Å². The first kappa shape index (κ1) is 15.5. The van der Waals surface area contributed by atoms with Crippen LogP contribution < -0.4 is 5.32 Å². The summed E-state index contributed by atoms with van der Waals surface area (Å²) in [5.41, 5.74) is -0.856. The standard InChI is InChI=1S/C12H13F3N2OS/c1-8(19(2)18)7-17-11-5-9(6-16)3-4-10(11)12(13,14)15/h3-5,8,17H,7H2,1-2H3/t8-,19+/m0/s1. The van der Waals surface area contributed by atoms with Crippen molar-refractivity contribution in [3.63, 3.8) is 0 Å². The number of alkyl halides is 3. The van der Waals surface area contributed by atoms with E-state index in [1.54, 1.807) is 13.0 Å². The maximum Gasteiger partial charge on any atom is 0.418 e. The molecule has 0 aromatic heterocycles. The molecule has 0 saturated heterocycles. The molecule has 7 heteroatoms. The van der Waals surface area contributed by atoms with E-state index in [9.17, 15) is 17.4 Å². The molecule has 0 aliphatic rings. The molecule has 1 N–H and O–H groups in total. The zero-order chi connectivity index (χ0) is 14.6. The summed E-state index contributed by atoms with van der Waals surface area (Å²) >= 11 is 0. The summed E-state index contributed by atoms with van der Waals surface area (Å²) in [6.45, 7) is 1.81. The highest BCUT2D eigenvalue weighted by atomic mass is 32.2. The van der Waals surface area contributed by atoms with Crippen LogP contribution in [-0.4, -0.2) is 22.3 Å². The van der Waals surface area contributed by atoms with Gasteiger partial charge in [0.05, 0.1) is 17.2 Å². The highest BCUT2D eigenvalue weighted by Gasteiger charge is 2.33. The van der Waals surface area contributed by atoms with Gasteiger partial charge in [0.1, 0.15) is 0 Å². The van der Waals surface area contributed by atoms with E-state index < -0.39 is 22.5 Å². The number of nitriles is 1. The van der Waals surface area contributed by atoms with Gasteiger partial charge in [0, 0.05) is 34.5 Å². The van der Waals surface area contributed by atoms with Crippen LogP contribution in [-0.2, 0) is 17.0 Å². The maximum atomic E-state index is 12.8. The molecule has 2 atom stereocenters. The second-order valence-corrected chi connectivity index (χ2v) is 5.86. The first-order valence-electron chi connectivity index (χ1n) is 5.43. The topological polar surface area (TPSA) is 52.9 Å². The number of halogens is 3. The molecule has 19 heavy (non-hydrogen) atoms. The van der Waals surface area contributed by atoms with Gasteiger partial charge in [-0.15, -0.1) is 0 Å². The van der Waals surface area contributed by atoms with Gasteiger partial charge in [-0.1, -0.05) is 0 Å². The molecule has 0 amide bonds.